The highest BCUT2D eigenvalue weighted by molar-refractivity contribution is 6.45. The van der Waals surface area contributed by atoms with Crippen molar-refractivity contribution < 1.29 is 23.7 Å². The molecule has 0 aliphatic carbocycles. The van der Waals surface area contributed by atoms with Gasteiger partial charge in [0.25, 0.3) is 5.60 Å². The molecule has 0 atom stereocenters. The fourth-order valence-electron chi connectivity index (χ4n) is 0.991. The molecule has 0 aliphatic heterocycles. The summed E-state index contributed by atoms with van der Waals surface area (Å²) in [6.07, 6.45) is 0.805. The molecule has 0 fully saturated rings. The van der Waals surface area contributed by atoms with Crippen LogP contribution in [0.1, 0.15) is 20.3 Å². The summed E-state index contributed by atoms with van der Waals surface area (Å²) in [5.41, 5.74) is 1.10. The number of carbonyl (C=O) groups excluding carboxylic acids is 1. The Hall–Kier alpha value is -0.693. The van der Waals surface area contributed by atoms with Gasteiger partial charge in [0.05, 0.1) is 6.61 Å². The number of ether oxygens (including phenoxy) is 4. The number of carbonyl (C=O) groups is 1. The highest BCUT2D eigenvalue weighted by Crippen LogP contribution is 2.11. The molecule has 0 rings (SSSR count). The molecule has 98 valence electrons. The molecule has 0 aromatic carbocycles. The minimum absolute atomic E-state index is 0.0423. The summed E-state index contributed by atoms with van der Waals surface area (Å²) in [4.78, 5) is 11.5. The van der Waals surface area contributed by atoms with Gasteiger partial charge in [-0.05, 0) is 13.3 Å². The molecule has 0 N–H and O–H groups in total. The fourth-order valence-corrected chi connectivity index (χ4v) is 1.86. The first-order chi connectivity index (χ1) is 8.05. The molecule has 5 nitrogen and oxygen atoms in total. The molecule has 0 aliphatic rings. The Kier molecular flexibility index (Phi) is 8.06. The standard InChI is InChI=1S/C11H20O5Si/c1-6-7-16-10(12)9(2)8-17-11(13-3,14-4)15-5/h8H,6-7H2,1-5H3. The molecule has 0 bridgehead atoms. The van der Waals surface area contributed by atoms with Crippen LogP contribution in [0.3, 0.4) is 0 Å². The van der Waals surface area contributed by atoms with Crippen LogP contribution in [0.4, 0.5) is 0 Å². The van der Waals surface area contributed by atoms with E-state index in [-0.39, 0.29) is 15.5 Å². The Bertz CT molecular complexity index is 252. The maximum atomic E-state index is 11.5. The van der Waals surface area contributed by atoms with Crippen molar-refractivity contribution in [2.24, 2.45) is 0 Å². The highest BCUT2D eigenvalue weighted by Gasteiger charge is 2.29. The summed E-state index contributed by atoms with van der Waals surface area (Å²) in [5, 5.41) is 0. The normalized spacial score (nSPS) is 12.6. The Labute approximate surface area is 105 Å². The second kappa shape index (κ2) is 8.41. The zero-order chi connectivity index (χ0) is 13.3. The molecule has 0 unspecified atom stereocenters. The lowest BCUT2D eigenvalue weighted by Gasteiger charge is -2.27. The van der Waals surface area contributed by atoms with E-state index in [4.69, 9.17) is 18.9 Å². The van der Waals surface area contributed by atoms with Gasteiger partial charge in [0, 0.05) is 26.9 Å². The SMILES string of the molecule is CCCOC(=O)C(C)=C[Si]C(OC)(OC)OC. The van der Waals surface area contributed by atoms with Gasteiger partial charge in [0.2, 0.25) is 0 Å². The third-order valence-electron chi connectivity index (χ3n) is 2.03. The molecule has 0 aromatic rings. The van der Waals surface area contributed by atoms with Gasteiger partial charge >= 0.3 is 5.97 Å². The maximum Gasteiger partial charge on any atom is 0.332 e. The van der Waals surface area contributed by atoms with Gasteiger partial charge in [-0.1, -0.05) is 12.6 Å². The van der Waals surface area contributed by atoms with Crippen LogP contribution in [-0.2, 0) is 23.7 Å². The number of hydrogen-bond acceptors (Lipinski definition) is 5. The minimum Gasteiger partial charge on any atom is -0.462 e. The Balaban J connectivity index is 4.43. The summed E-state index contributed by atoms with van der Waals surface area (Å²) in [6, 6.07) is 0. The van der Waals surface area contributed by atoms with Crippen molar-refractivity contribution in [2.75, 3.05) is 27.9 Å². The lowest BCUT2D eigenvalue weighted by Crippen LogP contribution is -2.42. The van der Waals surface area contributed by atoms with Crippen LogP contribution in [0.2, 0.25) is 0 Å². The quantitative estimate of drug-likeness (QED) is 0.283. The van der Waals surface area contributed by atoms with Crippen LogP contribution in [0.15, 0.2) is 11.3 Å². The molecular weight excluding hydrogens is 240 g/mol. The van der Waals surface area contributed by atoms with E-state index in [1.807, 2.05) is 6.92 Å². The van der Waals surface area contributed by atoms with Crippen molar-refractivity contribution >= 4 is 15.5 Å². The van der Waals surface area contributed by atoms with Gasteiger partial charge in [-0.15, -0.1) is 0 Å². The predicted octanol–water partition coefficient (Wildman–Crippen LogP) is 1.10. The van der Waals surface area contributed by atoms with Gasteiger partial charge < -0.3 is 18.9 Å². The van der Waals surface area contributed by atoms with Crippen molar-refractivity contribution in [3.63, 3.8) is 0 Å². The Morgan fingerprint density at radius 2 is 1.76 bits per heavy atom. The molecule has 0 aromatic heterocycles. The van der Waals surface area contributed by atoms with Gasteiger partial charge in [0.15, 0.2) is 9.52 Å². The molecule has 0 spiro atoms. The number of esters is 1. The van der Waals surface area contributed by atoms with E-state index in [1.54, 1.807) is 12.6 Å². The van der Waals surface area contributed by atoms with Gasteiger partial charge in [-0.25, -0.2) is 4.79 Å². The average molecular weight is 260 g/mol. The molecule has 0 saturated heterocycles. The van der Waals surface area contributed by atoms with Crippen molar-refractivity contribution in [3.05, 3.63) is 11.3 Å². The van der Waals surface area contributed by atoms with Crippen LogP contribution in [-0.4, -0.2) is 49.0 Å². The largest absolute Gasteiger partial charge is 0.462 e. The molecule has 0 amide bonds. The highest BCUT2D eigenvalue weighted by atomic mass is 28.2. The van der Waals surface area contributed by atoms with Crippen LogP contribution < -0.4 is 0 Å². The van der Waals surface area contributed by atoms with E-state index in [1.165, 1.54) is 21.3 Å². The van der Waals surface area contributed by atoms with Crippen LogP contribution in [0.5, 0.6) is 0 Å². The monoisotopic (exact) mass is 260 g/mol. The molecule has 0 saturated carbocycles. The molecule has 6 heteroatoms. The summed E-state index contributed by atoms with van der Waals surface area (Å²) >= 11 is 0. The predicted molar refractivity (Wildman–Crippen MR) is 64.5 cm³/mol. The van der Waals surface area contributed by atoms with E-state index in [0.717, 1.165) is 6.42 Å². The molecule has 0 heterocycles. The van der Waals surface area contributed by atoms with E-state index >= 15 is 0 Å². The molecule has 2 radical (unpaired) electrons. The van der Waals surface area contributed by atoms with Crippen molar-refractivity contribution in [1.82, 2.24) is 0 Å². The number of rotatable bonds is 8. The smallest absolute Gasteiger partial charge is 0.332 e. The van der Waals surface area contributed by atoms with Crippen molar-refractivity contribution in [1.29, 1.82) is 0 Å². The lowest BCUT2D eigenvalue weighted by atomic mass is 10.4. The topological polar surface area (TPSA) is 54.0 Å². The van der Waals surface area contributed by atoms with Crippen LogP contribution >= 0.6 is 0 Å². The van der Waals surface area contributed by atoms with E-state index in [9.17, 15) is 4.79 Å². The first-order valence-corrected chi connectivity index (χ1v) is 6.40. The van der Waals surface area contributed by atoms with Crippen LogP contribution in [0.25, 0.3) is 0 Å². The first-order valence-electron chi connectivity index (χ1n) is 5.32. The summed E-state index contributed by atoms with van der Waals surface area (Å²) in [5.74, 6) is -0.323. The Morgan fingerprint density at radius 1 is 1.24 bits per heavy atom. The minimum atomic E-state index is -1.12. The zero-order valence-corrected chi connectivity index (χ0v) is 12.0. The summed E-state index contributed by atoms with van der Waals surface area (Å²) < 4.78 is 20.4. The zero-order valence-electron chi connectivity index (χ0n) is 11.0. The summed E-state index contributed by atoms with van der Waals surface area (Å²) in [6.45, 7) is 4.06. The van der Waals surface area contributed by atoms with Gasteiger partial charge in [-0.2, -0.15) is 0 Å². The van der Waals surface area contributed by atoms with Gasteiger partial charge in [-0.3, -0.25) is 0 Å². The summed E-state index contributed by atoms with van der Waals surface area (Å²) in [7, 11) is 4.50. The maximum absolute atomic E-state index is 11.5. The Morgan fingerprint density at radius 3 is 2.18 bits per heavy atom. The third-order valence-corrected chi connectivity index (χ3v) is 3.57. The van der Waals surface area contributed by atoms with Gasteiger partial charge in [0.1, 0.15) is 0 Å². The van der Waals surface area contributed by atoms with E-state index < -0.39 is 5.60 Å². The number of hydrogen-bond donors (Lipinski definition) is 0. The lowest BCUT2D eigenvalue weighted by molar-refractivity contribution is -0.294. The number of methoxy groups -OCH3 is 3. The second-order valence-corrected chi connectivity index (χ2v) is 4.47. The average Bonchev–Trinajstić information content (AvgIpc) is 2.37. The fraction of sp³-hybridized carbons (Fsp3) is 0.727. The van der Waals surface area contributed by atoms with E-state index in [0.29, 0.717) is 12.2 Å². The molecule has 17 heavy (non-hydrogen) atoms. The third kappa shape index (κ3) is 5.45. The molecular formula is C11H20O5Si. The van der Waals surface area contributed by atoms with Crippen molar-refractivity contribution in [3.8, 4) is 0 Å². The van der Waals surface area contributed by atoms with Crippen LogP contribution in [0, 0.1) is 0 Å². The second-order valence-electron chi connectivity index (χ2n) is 3.28. The van der Waals surface area contributed by atoms with Crippen molar-refractivity contribution in [2.45, 2.75) is 25.9 Å². The first kappa shape index (κ1) is 16.3. The van der Waals surface area contributed by atoms with E-state index in [2.05, 4.69) is 0 Å².